The van der Waals surface area contributed by atoms with Crippen molar-refractivity contribution >= 4 is 17.1 Å². The lowest BCUT2D eigenvalue weighted by molar-refractivity contribution is 0.267. The average Bonchev–Trinajstić information content (AvgIpc) is 2.33. The highest BCUT2D eigenvalue weighted by molar-refractivity contribution is 6.90. The molecule has 0 amide bonds. The van der Waals surface area contributed by atoms with Gasteiger partial charge in [0.25, 0.3) is 0 Å². The quantitative estimate of drug-likeness (QED) is 0.610. The van der Waals surface area contributed by atoms with E-state index < -0.39 is 17.1 Å². The van der Waals surface area contributed by atoms with E-state index in [1.165, 1.54) is 0 Å². The molecule has 0 aromatic rings. The Hall–Kier alpha value is -0.726. The van der Waals surface area contributed by atoms with Crippen LogP contribution in [0.4, 0.5) is 0 Å². The molecule has 0 spiro atoms. The summed E-state index contributed by atoms with van der Waals surface area (Å²) in [5.74, 6) is 0. The second-order valence-electron chi connectivity index (χ2n) is 2.77. The Morgan fingerprint density at radius 2 is 1.00 bits per heavy atom. The van der Waals surface area contributed by atoms with Gasteiger partial charge in [-0.25, -0.2) is 0 Å². The second-order valence-corrected chi connectivity index (χ2v) is 8.92. The van der Waals surface area contributed by atoms with Gasteiger partial charge in [0.15, 0.2) is 0 Å². The zero-order valence-electron chi connectivity index (χ0n) is 9.36. The van der Waals surface area contributed by atoms with E-state index in [0.717, 1.165) is 0 Å². The maximum absolute atomic E-state index is 5.88. The van der Waals surface area contributed by atoms with Gasteiger partial charge in [-0.2, -0.15) is 0 Å². The number of hydrogen-bond donors (Lipinski definition) is 0. The highest BCUT2D eigenvalue weighted by Crippen LogP contribution is 2.19. The summed E-state index contributed by atoms with van der Waals surface area (Å²) < 4.78 is 16.6. The molecule has 0 aromatic heterocycles. The van der Waals surface area contributed by atoms with E-state index in [1.54, 1.807) is 37.0 Å². The van der Waals surface area contributed by atoms with Crippen LogP contribution in [0, 0.1) is 0 Å². The van der Waals surface area contributed by atoms with Crippen LogP contribution in [-0.4, -0.2) is 31.3 Å². The van der Waals surface area contributed by atoms with Crippen molar-refractivity contribution in [3.8, 4) is 0 Å². The summed E-state index contributed by atoms with van der Waals surface area (Å²) in [5, 5.41) is 0. The number of hydrogen-bond acceptors (Lipinski definition) is 3. The fraction of sp³-hybridized carbons (Fsp3) is 0.200. The summed E-state index contributed by atoms with van der Waals surface area (Å²) in [7, 11) is -2.06. The summed E-state index contributed by atoms with van der Waals surface area (Å²) in [5.41, 5.74) is 6.59. The lowest BCUT2D eigenvalue weighted by Gasteiger charge is -2.31. The van der Waals surface area contributed by atoms with Gasteiger partial charge in [0, 0.05) is 14.2 Å². The Balaban J connectivity index is 5.07. The smallest absolute Gasteiger partial charge is 0.382 e. The van der Waals surface area contributed by atoms with Crippen LogP contribution in [0.15, 0.2) is 49.1 Å². The Labute approximate surface area is 93.9 Å². The molecule has 0 fully saturated rings. The monoisotopic (exact) mass is 242 g/mol. The van der Waals surface area contributed by atoms with Crippen LogP contribution in [0.25, 0.3) is 0 Å². The van der Waals surface area contributed by atoms with Gasteiger partial charge in [-0.1, -0.05) is 0 Å². The largest absolute Gasteiger partial charge is 0.402 e. The number of rotatable bonds is 8. The van der Waals surface area contributed by atoms with Crippen LogP contribution >= 0.6 is 0 Å². The minimum Gasteiger partial charge on any atom is -0.402 e. The minimum atomic E-state index is -2.59. The molecule has 5 heteroatoms. The highest BCUT2D eigenvalue weighted by Gasteiger charge is 2.41. The Morgan fingerprint density at radius 1 is 0.733 bits per heavy atom. The lowest BCUT2D eigenvalue weighted by atomic mass is 11.2. The second kappa shape index (κ2) is 5.99. The molecule has 0 aliphatic rings. The topological polar surface area (TPSA) is 27.7 Å². The highest BCUT2D eigenvalue weighted by atomic mass is 28.5. The van der Waals surface area contributed by atoms with Gasteiger partial charge in [-0.15, -0.1) is 26.3 Å². The van der Waals surface area contributed by atoms with Crippen LogP contribution in [0.5, 0.6) is 0 Å². The third-order valence-electron chi connectivity index (χ3n) is 2.10. The van der Waals surface area contributed by atoms with E-state index in [-0.39, 0.29) is 0 Å². The molecule has 0 bridgehead atoms. The van der Waals surface area contributed by atoms with E-state index in [0.29, 0.717) is 0 Å². The van der Waals surface area contributed by atoms with Gasteiger partial charge in [0.2, 0.25) is 0 Å². The first-order valence-corrected chi connectivity index (χ1v) is 8.36. The Morgan fingerprint density at radius 3 is 1.13 bits per heavy atom. The standard InChI is InChI=1S/C10H18O3Si2/c1-7-14(8-2,11-5)13-15(9-3,10-4)12-6/h7-10H,1-4H2,5-6H3. The van der Waals surface area contributed by atoms with Gasteiger partial charge in [0.1, 0.15) is 0 Å². The molecule has 0 aliphatic heterocycles. The summed E-state index contributed by atoms with van der Waals surface area (Å²) >= 11 is 0. The molecule has 0 aliphatic carbocycles. The molecular weight excluding hydrogens is 224 g/mol. The summed E-state index contributed by atoms with van der Waals surface area (Å²) in [6.45, 7) is 14.8. The molecular formula is C10H18O3Si2. The molecule has 84 valence electrons. The summed E-state index contributed by atoms with van der Waals surface area (Å²) in [6, 6.07) is 0. The van der Waals surface area contributed by atoms with Crippen molar-refractivity contribution in [1.29, 1.82) is 0 Å². The van der Waals surface area contributed by atoms with Crippen LogP contribution in [0.2, 0.25) is 0 Å². The zero-order chi connectivity index (χ0) is 11.9. The fourth-order valence-corrected chi connectivity index (χ4v) is 5.99. The molecule has 0 saturated heterocycles. The SMILES string of the molecule is C=C[Si](C=C)(OC)O[Si](C=C)(C=C)OC. The van der Waals surface area contributed by atoms with Gasteiger partial charge < -0.3 is 13.0 Å². The van der Waals surface area contributed by atoms with Crippen LogP contribution in [-0.2, 0) is 13.0 Å². The predicted molar refractivity (Wildman–Crippen MR) is 67.4 cm³/mol. The average molecular weight is 242 g/mol. The van der Waals surface area contributed by atoms with Crippen molar-refractivity contribution in [1.82, 2.24) is 0 Å². The van der Waals surface area contributed by atoms with Crippen LogP contribution in [0.3, 0.4) is 0 Å². The summed E-state index contributed by atoms with van der Waals surface area (Å²) in [4.78, 5) is 0. The van der Waals surface area contributed by atoms with Crippen molar-refractivity contribution in [2.24, 2.45) is 0 Å². The molecule has 15 heavy (non-hydrogen) atoms. The first-order valence-electron chi connectivity index (χ1n) is 4.42. The van der Waals surface area contributed by atoms with Crippen LogP contribution in [0.1, 0.15) is 0 Å². The van der Waals surface area contributed by atoms with E-state index in [4.69, 9.17) is 13.0 Å². The summed E-state index contributed by atoms with van der Waals surface area (Å²) in [6.07, 6.45) is 0. The molecule has 0 atom stereocenters. The molecule has 0 unspecified atom stereocenters. The Kier molecular flexibility index (Phi) is 5.70. The normalized spacial score (nSPS) is 11.9. The van der Waals surface area contributed by atoms with Crippen molar-refractivity contribution in [3.05, 3.63) is 49.1 Å². The maximum Gasteiger partial charge on any atom is 0.382 e. The third-order valence-corrected chi connectivity index (χ3v) is 8.20. The Bertz CT molecular complexity index is 221. The van der Waals surface area contributed by atoms with Gasteiger partial charge >= 0.3 is 17.1 Å². The van der Waals surface area contributed by atoms with Crippen molar-refractivity contribution in [2.75, 3.05) is 14.2 Å². The first-order chi connectivity index (χ1) is 7.07. The first kappa shape index (κ1) is 14.3. The zero-order valence-corrected chi connectivity index (χ0v) is 11.4. The van der Waals surface area contributed by atoms with E-state index in [2.05, 4.69) is 26.3 Å². The van der Waals surface area contributed by atoms with Crippen LogP contribution < -0.4 is 0 Å². The predicted octanol–water partition coefficient (Wildman–Crippen LogP) is 2.08. The molecule has 3 nitrogen and oxygen atoms in total. The fourth-order valence-electron chi connectivity index (χ4n) is 0.999. The maximum atomic E-state index is 5.88. The van der Waals surface area contributed by atoms with E-state index >= 15 is 0 Å². The van der Waals surface area contributed by atoms with E-state index in [1.807, 2.05) is 0 Å². The van der Waals surface area contributed by atoms with E-state index in [9.17, 15) is 0 Å². The van der Waals surface area contributed by atoms with Crippen molar-refractivity contribution < 1.29 is 13.0 Å². The molecule has 0 saturated carbocycles. The van der Waals surface area contributed by atoms with Crippen molar-refractivity contribution in [2.45, 2.75) is 0 Å². The molecule has 0 aromatic carbocycles. The van der Waals surface area contributed by atoms with Gasteiger partial charge in [-0.05, 0) is 22.8 Å². The van der Waals surface area contributed by atoms with Gasteiger partial charge in [-0.3, -0.25) is 0 Å². The lowest BCUT2D eigenvalue weighted by Crippen LogP contribution is -2.51. The molecule has 0 radical (unpaired) electrons. The molecule has 0 rings (SSSR count). The minimum absolute atomic E-state index is 1.57. The molecule has 0 N–H and O–H groups in total. The third kappa shape index (κ3) is 3.11. The molecule has 0 heterocycles. The van der Waals surface area contributed by atoms with Gasteiger partial charge in [0.05, 0.1) is 0 Å². The van der Waals surface area contributed by atoms with Crippen molar-refractivity contribution in [3.63, 3.8) is 0 Å².